The Morgan fingerprint density at radius 3 is 2.84 bits per heavy atom. The monoisotopic (exact) mass is 258 g/mol. The molecular formula is C15H18N2O2. The lowest BCUT2D eigenvalue weighted by atomic mass is 10.2. The number of nitrogens with zero attached hydrogens (tertiary/aromatic N) is 1. The summed E-state index contributed by atoms with van der Waals surface area (Å²) in [6, 6.07) is 8.90. The molecule has 1 amide bonds. The summed E-state index contributed by atoms with van der Waals surface area (Å²) in [6.07, 6.45) is 0.165. The quantitative estimate of drug-likeness (QED) is 0.798. The summed E-state index contributed by atoms with van der Waals surface area (Å²) >= 11 is 0. The Bertz CT molecular complexity index is 503. The van der Waals surface area contributed by atoms with Crippen LogP contribution >= 0.6 is 0 Å². The zero-order valence-electron chi connectivity index (χ0n) is 11.3. The van der Waals surface area contributed by atoms with Crippen molar-refractivity contribution >= 4 is 11.6 Å². The molecule has 4 nitrogen and oxygen atoms in total. The number of amides is 1. The maximum atomic E-state index is 11.9. The Hall–Kier alpha value is -2.12. The number of rotatable bonds is 6. The Morgan fingerprint density at radius 2 is 2.21 bits per heavy atom. The van der Waals surface area contributed by atoms with E-state index in [1.807, 2.05) is 13.0 Å². The zero-order valence-corrected chi connectivity index (χ0v) is 11.3. The molecule has 0 aliphatic carbocycles. The Morgan fingerprint density at radius 1 is 1.53 bits per heavy atom. The summed E-state index contributed by atoms with van der Waals surface area (Å²) in [6.45, 7) is 7.83. The van der Waals surface area contributed by atoms with Crippen LogP contribution in [-0.2, 0) is 9.53 Å². The van der Waals surface area contributed by atoms with Gasteiger partial charge in [-0.15, -0.1) is 6.58 Å². The maximum absolute atomic E-state index is 11.9. The van der Waals surface area contributed by atoms with E-state index in [9.17, 15) is 4.79 Å². The predicted molar refractivity (Wildman–Crippen MR) is 74.6 cm³/mol. The molecule has 1 aromatic rings. The number of benzene rings is 1. The first-order valence-electron chi connectivity index (χ1n) is 6.10. The highest BCUT2D eigenvalue weighted by Gasteiger charge is 2.14. The summed E-state index contributed by atoms with van der Waals surface area (Å²) in [7, 11) is 0. The molecule has 1 aromatic carbocycles. The number of nitriles is 1. The lowest BCUT2D eigenvalue weighted by Crippen LogP contribution is -2.28. The summed E-state index contributed by atoms with van der Waals surface area (Å²) in [5.41, 5.74) is 1.96. The van der Waals surface area contributed by atoms with Gasteiger partial charge in [-0.05, 0) is 32.4 Å². The van der Waals surface area contributed by atoms with E-state index < -0.39 is 6.10 Å². The number of hydrogen-bond donors (Lipinski definition) is 1. The fourth-order valence-corrected chi connectivity index (χ4v) is 1.41. The van der Waals surface area contributed by atoms with Crippen molar-refractivity contribution in [3.05, 3.63) is 42.0 Å². The predicted octanol–water partition coefficient (Wildman–Crippen LogP) is 2.87. The summed E-state index contributed by atoms with van der Waals surface area (Å²) < 4.78 is 5.40. The summed E-state index contributed by atoms with van der Waals surface area (Å²) in [5, 5.41) is 11.6. The van der Waals surface area contributed by atoms with Gasteiger partial charge in [0.05, 0.1) is 17.9 Å². The first-order chi connectivity index (χ1) is 9.04. The van der Waals surface area contributed by atoms with Crippen molar-refractivity contribution in [3.63, 3.8) is 0 Å². The normalized spacial score (nSPS) is 11.4. The van der Waals surface area contributed by atoms with Crippen LogP contribution in [0.15, 0.2) is 36.4 Å². The lowest BCUT2D eigenvalue weighted by molar-refractivity contribution is -0.126. The van der Waals surface area contributed by atoms with E-state index in [0.29, 0.717) is 17.9 Å². The second kappa shape index (κ2) is 7.34. The first-order valence-corrected chi connectivity index (χ1v) is 6.10. The van der Waals surface area contributed by atoms with Crippen LogP contribution in [0.2, 0.25) is 0 Å². The minimum Gasteiger partial charge on any atom is -0.368 e. The molecule has 0 aliphatic heterocycles. The molecule has 0 saturated carbocycles. The van der Waals surface area contributed by atoms with Gasteiger partial charge in [0.15, 0.2) is 0 Å². The van der Waals surface area contributed by atoms with E-state index in [1.165, 1.54) is 0 Å². The van der Waals surface area contributed by atoms with Crippen LogP contribution < -0.4 is 5.32 Å². The van der Waals surface area contributed by atoms with Crippen LogP contribution in [0, 0.1) is 11.3 Å². The van der Waals surface area contributed by atoms with Gasteiger partial charge in [0.2, 0.25) is 0 Å². The average molecular weight is 258 g/mol. The van der Waals surface area contributed by atoms with E-state index in [-0.39, 0.29) is 5.91 Å². The molecule has 100 valence electrons. The third-order valence-electron chi connectivity index (χ3n) is 2.57. The fourth-order valence-electron chi connectivity index (χ4n) is 1.41. The molecular weight excluding hydrogens is 240 g/mol. The van der Waals surface area contributed by atoms with Crippen molar-refractivity contribution in [2.45, 2.75) is 26.4 Å². The average Bonchev–Trinajstić information content (AvgIpc) is 2.38. The third-order valence-corrected chi connectivity index (χ3v) is 2.57. The highest BCUT2D eigenvalue weighted by atomic mass is 16.5. The van der Waals surface area contributed by atoms with Crippen molar-refractivity contribution in [1.29, 1.82) is 5.26 Å². The van der Waals surface area contributed by atoms with Gasteiger partial charge in [-0.1, -0.05) is 17.7 Å². The van der Waals surface area contributed by atoms with E-state index in [2.05, 4.69) is 11.9 Å². The lowest BCUT2D eigenvalue weighted by Gasteiger charge is -2.14. The molecule has 0 aromatic heterocycles. The third kappa shape index (κ3) is 4.94. The summed E-state index contributed by atoms with van der Waals surface area (Å²) in [5.74, 6) is -0.260. The summed E-state index contributed by atoms with van der Waals surface area (Å²) in [4.78, 5) is 11.9. The molecule has 0 fully saturated rings. The highest BCUT2D eigenvalue weighted by molar-refractivity contribution is 5.95. The zero-order chi connectivity index (χ0) is 14.3. The molecule has 1 N–H and O–H groups in total. The molecule has 0 saturated heterocycles. The number of carbonyl (C=O) groups is 1. The van der Waals surface area contributed by atoms with Crippen LogP contribution in [0.1, 0.15) is 25.8 Å². The molecule has 1 atom stereocenters. The molecule has 0 aliphatic rings. The SMILES string of the molecule is C=C(C)CCOC(C)C(=O)Nc1ccccc1C#N. The second-order valence-electron chi connectivity index (χ2n) is 4.37. The number of hydrogen-bond acceptors (Lipinski definition) is 3. The molecule has 19 heavy (non-hydrogen) atoms. The van der Waals surface area contributed by atoms with E-state index >= 15 is 0 Å². The molecule has 0 bridgehead atoms. The van der Waals surface area contributed by atoms with Crippen LogP contribution in [0.3, 0.4) is 0 Å². The number of nitrogens with one attached hydrogen (secondary N) is 1. The van der Waals surface area contributed by atoms with Crippen molar-refractivity contribution in [1.82, 2.24) is 0 Å². The molecule has 1 unspecified atom stereocenters. The topological polar surface area (TPSA) is 62.1 Å². The first kappa shape index (κ1) is 14.9. The van der Waals surface area contributed by atoms with Crippen LogP contribution in [0.25, 0.3) is 0 Å². The second-order valence-corrected chi connectivity index (χ2v) is 4.37. The number of carbonyl (C=O) groups excluding carboxylic acids is 1. The Labute approximate surface area is 113 Å². The largest absolute Gasteiger partial charge is 0.368 e. The minimum absolute atomic E-state index is 0.260. The highest BCUT2D eigenvalue weighted by Crippen LogP contribution is 2.14. The van der Waals surface area contributed by atoms with Gasteiger partial charge in [-0.3, -0.25) is 4.79 Å². The van der Waals surface area contributed by atoms with E-state index in [4.69, 9.17) is 10.00 Å². The van der Waals surface area contributed by atoms with Gasteiger partial charge in [0.1, 0.15) is 12.2 Å². The fraction of sp³-hybridized carbons (Fsp3) is 0.333. The van der Waals surface area contributed by atoms with Crippen molar-refractivity contribution < 1.29 is 9.53 Å². The van der Waals surface area contributed by atoms with Gasteiger partial charge in [0, 0.05) is 0 Å². The van der Waals surface area contributed by atoms with Gasteiger partial charge in [-0.2, -0.15) is 5.26 Å². The standard InChI is InChI=1S/C15H18N2O2/c1-11(2)8-9-19-12(3)15(18)17-14-7-5-4-6-13(14)10-16/h4-7,12H,1,8-9H2,2-3H3,(H,17,18). The molecule has 4 heteroatoms. The maximum Gasteiger partial charge on any atom is 0.253 e. The molecule has 0 spiro atoms. The van der Waals surface area contributed by atoms with E-state index in [1.54, 1.807) is 31.2 Å². The van der Waals surface area contributed by atoms with Gasteiger partial charge < -0.3 is 10.1 Å². The van der Waals surface area contributed by atoms with Gasteiger partial charge >= 0.3 is 0 Å². The Kier molecular flexibility index (Phi) is 5.77. The molecule has 0 heterocycles. The number of anilines is 1. The van der Waals surface area contributed by atoms with Crippen molar-refractivity contribution in [2.75, 3.05) is 11.9 Å². The number of para-hydroxylation sites is 1. The van der Waals surface area contributed by atoms with E-state index in [0.717, 1.165) is 12.0 Å². The Balaban J connectivity index is 2.54. The van der Waals surface area contributed by atoms with Crippen LogP contribution in [-0.4, -0.2) is 18.6 Å². The van der Waals surface area contributed by atoms with Crippen molar-refractivity contribution in [3.8, 4) is 6.07 Å². The van der Waals surface area contributed by atoms with Crippen molar-refractivity contribution in [2.24, 2.45) is 0 Å². The van der Waals surface area contributed by atoms with Gasteiger partial charge in [0.25, 0.3) is 5.91 Å². The van der Waals surface area contributed by atoms with Crippen LogP contribution in [0.5, 0.6) is 0 Å². The molecule has 1 rings (SSSR count). The van der Waals surface area contributed by atoms with Crippen LogP contribution in [0.4, 0.5) is 5.69 Å². The smallest absolute Gasteiger partial charge is 0.253 e. The van der Waals surface area contributed by atoms with Gasteiger partial charge in [-0.25, -0.2) is 0 Å². The molecule has 0 radical (unpaired) electrons. The minimum atomic E-state index is -0.564. The number of ether oxygens (including phenoxy) is 1.